The van der Waals surface area contributed by atoms with E-state index >= 15 is 0 Å². The Labute approximate surface area is 374 Å². The molecule has 0 saturated carbocycles. The lowest BCUT2D eigenvalue weighted by Gasteiger charge is -2.46. The van der Waals surface area contributed by atoms with Gasteiger partial charge < -0.3 is 0 Å². The fourth-order valence-electron chi connectivity index (χ4n) is 10.8. The first kappa shape index (κ1) is 40.1. The van der Waals surface area contributed by atoms with E-state index in [4.69, 9.17) is 0 Å². The predicted molar refractivity (Wildman–Crippen MR) is 268 cm³/mol. The molecule has 0 N–H and O–H groups in total. The van der Waals surface area contributed by atoms with Gasteiger partial charge in [0.25, 0.3) is 0 Å². The van der Waals surface area contributed by atoms with E-state index in [1.165, 1.54) is 100 Å². The Balaban J connectivity index is 0.00000232. The summed E-state index contributed by atoms with van der Waals surface area (Å²) < 4.78 is 0. The first-order chi connectivity index (χ1) is 31.0. The summed E-state index contributed by atoms with van der Waals surface area (Å²) in [5, 5.41) is 0. The molecule has 0 aromatic heterocycles. The van der Waals surface area contributed by atoms with Crippen molar-refractivity contribution in [1.29, 1.82) is 0 Å². The van der Waals surface area contributed by atoms with Crippen molar-refractivity contribution in [3.05, 3.63) is 274 Å². The zero-order valence-corrected chi connectivity index (χ0v) is 36.9. The van der Waals surface area contributed by atoms with Crippen LogP contribution in [0.2, 0.25) is 0 Å². The number of fused-ring (bicyclic) bond motifs is 9. The standard InChI is InChI=1S/C61H48.C2H6/c1-60(2)54-27-12-14-29-56(54)61(57-30-15-13-28-55(57)60)53-39-37-49(48-25-16-24-47(40-48)45-35-33-44(34-36-45)43-20-8-4-9-21-43)41-52(53)59-51(26-17-31-58(59)61)50(46-22-10-5-11-23-46)38-32-42-18-6-3-7-19-42;1-2/h3,5-8,10-31,33-41H,4,9,32H2,1-2H3;1-2H3/b50-38-;. The van der Waals surface area contributed by atoms with Gasteiger partial charge in [-0.3, -0.25) is 0 Å². The first-order valence-corrected chi connectivity index (χ1v) is 22.9. The van der Waals surface area contributed by atoms with E-state index in [0.29, 0.717) is 0 Å². The minimum absolute atomic E-state index is 0.160. The van der Waals surface area contributed by atoms with Crippen molar-refractivity contribution < 1.29 is 0 Å². The molecule has 0 amide bonds. The number of benzene rings is 8. The monoisotopic (exact) mass is 810 g/mol. The van der Waals surface area contributed by atoms with Crippen molar-refractivity contribution in [2.75, 3.05) is 0 Å². The van der Waals surface area contributed by atoms with Crippen molar-refractivity contribution in [1.82, 2.24) is 0 Å². The molecule has 1 spiro atoms. The van der Waals surface area contributed by atoms with Gasteiger partial charge in [-0.1, -0.05) is 234 Å². The summed E-state index contributed by atoms with van der Waals surface area (Å²) in [4.78, 5) is 0. The smallest absolute Gasteiger partial charge is 0.0719 e. The first-order valence-electron chi connectivity index (χ1n) is 22.9. The third-order valence-corrected chi connectivity index (χ3v) is 13.7. The van der Waals surface area contributed by atoms with Crippen LogP contribution in [0.5, 0.6) is 0 Å². The van der Waals surface area contributed by atoms with Crippen LogP contribution in [0.4, 0.5) is 0 Å². The molecule has 8 aromatic carbocycles. The van der Waals surface area contributed by atoms with Crippen LogP contribution in [-0.4, -0.2) is 0 Å². The van der Waals surface area contributed by atoms with Crippen LogP contribution >= 0.6 is 0 Å². The fraction of sp³-hybridized carbons (Fsp3) is 0.143. The highest BCUT2D eigenvalue weighted by Crippen LogP contribution is 2.63. The Morgan fingerprint density at radius 1 is 0.476 bits per heavy atom. The van der Waals surface area contributed by atoms with Crippen LogP contribution in [0.1, 0.15) is 96.2 Å². The molecular weight excluding hydrogens is 757 g/mol. The normalized spacial score (nSPS) is 15.0. The molecule has 0 heteroatoms. The van der Waals surface area contributed by atoms with E-state index in [1.807, 2.05) is 13.8 Å². The fourth-order valence-corrected chi connectivity index (χ4v) is 10.8. The van der Waals surface area contributed by atoms with E-state index in [9.17, 15) is 0 Å². The molecule has 0 saturated heterocycles. The second-order valence-electron chi connectivity index (χ2n) is 17.4. The molecule has 306 valence electrons. The molecule has 8 aromatic rings. The highest BCUT2D eigenvalue weighted by atomic mass is 14.5. The summed E-state index contributed by atoms with van der Waals surface area (Å²) in [6, 6.07) is 73.0. The van der Waals surface area contributed by atoms with Crippen LogP contribution in [0, 0.1) is 0 Å². The van der Waals surface area contributed by atoms with Crippen molar-refractivity contribution in [2.24, 2.45) is 0 Å². The van der Waals surface area contributed by atoms with E-state index < -0.39 is 5.41 Å². The predicted octanol–water partition coefficient (Wildman–Crippen LogP) is 16.5. The zero-order valence-electron chi connectivity index (χ0n) is 36.9. The zero-order chi connectivity index (χ0) is 43.0. The van der Waals surface area contributed by atoms with E-state index in [0.717, 1.165) is 19.3 Å². The third kappa shape index (κ3) is 6.77. The van der Waals surface area contributed by atoms with Gasteiger partial charge in [0, 0.05) is 5.41 Å². The SMILES string of the molecule is CC.CC1(C)c2ccccc2C2(c3ccc(-c4cccc(-c5ccc(C6=CCCC=C6)cc5)c4)cc3-c3c(/C(=C\Cc4ccccc4)c4ccccc4)cccc32)c2ccccc21. The Morgan fingerprint density at radius 3 is 1.70 bits per heavy atom. The van der Waals surface area contributed by atoms with Gasteiger partial charge in [-0.05, 0) is 132 Å². The lowest BCUT2D eigenvalue weighted by Crippen LogP contribution is -2.40. The molecule has 0 fully saturated rings. The average molecular weight is 811 g/mol. The molecule has 0 radical (unpaired) electrons. The Kier molecular flexibility index (Phi) is 10.6. The molecule has 11 rings (SSSR count). The topological polar surface area (TPSA) is 0 Å². The molecule has 0 bridgehead atoms. The maximum absolute atomic E-state index is 2.50. The number of hydrogen-bond donors (Lipinski definition) is 0. The summed E-state index contributed by atoms with van der Waals surface area (Å²) in [7, 11) is 0. The molecule has 0 heterocycles. The number of allylic oxidation sites excluding steroid dienone is 5. The van der Waals surface area contributed by atoms with E-state index in [2.05, 4.69) is 232 Å². The molecule has 63 heavy (non-hydrogen) atoms. The molecule has 0 atom stereocenters. The quantitative estimate of drug-likeness (QED) is 0.150. The van der Waals surface area contributed by atoms with Gasteiger partial charge in [0.2, 0.25) is 0 Å². The van der Waals surface area contributed by atoms with Gasteiger partial charge in [-0.2, -0.15) is 0 Å². The van der Waals surface area contributed by atoms with Gasteiger partial charge in [0.15, 0.2) is 0 Å². The molecule has 3 aliphatic rings. The average Bonchev–Trinajstić information content (AvgIpc) is 3.66. The number of rotatable bonds is 7. The van der Waals surface area contributed by atoms with Crippen molar-refractivity contribution in [2.45, 2.75) is 57.8 Å². The van der Waals surface area contributed by atoms with Crippen LogP contribution < -0.4 is 0 Å². The van der Waals surface area contributed by atoms with Crippen LogP contribution in [-0.2, 0) is 17.3 Å². The number of hydrogen-bond acceptors (Lipinski definition) is 0. The molecule has 0 aliphatic heterocycles. The summed E-state index contributed by atoms with van der Waals surface area (Å²) in [5.41, 5.74) is 22.8. The third-order valence-electron chi connectivity index (χ3n) is 13.7. The Hall–Kier alpha value is -7.02. The van der Waals surface area contributed by atoms with Crippen molar-refractivity contribution >= 4 is 11.1 Å². The van der Waals surface area contributed by atoms with Gasteiger partial charge >= 0.3 is 0 Å². The van der Waals surface area contributed by atoms with Crippen molar-refractivity contribution in [3.63, 3.8) is 0 Å². The lowest BCUT2D eigenvalue weighted by atomic mass is 9.55. The van der Waals surface area contributed by atoms with E-state index in [-0.39, 0.29) is 5.41 Å². The molecule has 0 nitrogen and oxygen atoms in total. The largest absolute Gasteiger partial charge is 0.0836 e. The molecule has 3 aliphatic carbocycles. The maximum Gasteiger partial charge on any atom is 0.0719 e. The Bertz CT molecular complexity index is 2990. The summed E-state index contributed by atoms with van der Waals surface area (Å²) in [6.45, 7) is 8.80. The highest BCUT2D eigenvalue weighted by Gasteiger charge is 2.53. The van der Waals surface area contributed by atoms with Gasteiger partial charge in [-0.25, -0.2) is 0 Å². The summed E-state index contributed by atoms with van der Waals surface area (Å²) in [6.07, 6.45) is 12.4. The molecule has 0 unspecified atom stereocenters. The second kappa shape index (κ2) is 16.7. The van der Waals surface area contributed by atoms with Crippen LogP contribution in [0.3, 0.4) is 0 Å². The van der Waals surface area contributed by atoms with Gasteiger partial charge in [0.1, 0.15) is 0 Å². The van der Waals surface area contributed by atoms with Crippen molar-refractivity contribution in [3.8, 4) is 33.4 Å². The maximum atomic E-state index is 2.50. The van der Waals surface area contributed by atoms with Crippen LogP contribution in [0.25, 0.3) is 44.5 Å². The lowest BCUT2D eigenvalue weighted by molar-refractivity contribution is 0.563. The highest BCUT2D eigenvalue weighted by molar-refractivity contribution is 5.98. The van der Waals surface area contributed by atoms with E-state index in [1.54, 1.807) is 0 Å². The van der Waals surface area contributed by atoms with Crippen LogP contribution in [0.15, 0.2) is 218 Å². The molecular formula is C63H54. The minimum atomic E-state index is -0.490. The Morgan fingerprint density at radius 2 is 1.03 bits per heavy atom. The summed E-state index contributed by atoms with van der Waals surface area (Å²) in [5.74, 6) is 0. The van der Waals surface area contributed by atoms with Gasteiger partial charge in [0.05, 0.1) is 5.41 Å². The second-order valence-corrected chi connectivity index (χ2v) is 17.4. The van der Waals surface area contributed by atoms with Gasteiger partial charge in [-0.15, -0.1) is 0 Å². The minimum Gasteiger partial charge on any atom is -0.0836 e. The summed E-state index contributed by atoms with van der Waals surface area (Å²) >= 11 is 0.